The zero-order chi connectivity index (χ0) is 16.1. The Kier molecular flexibility index (Phi) is 4.33. The second-order valence-corrected chi connectivity index (χ2v) is 4.97. The Morgan fingerprint density at radius 3 is 2.48 bits per heavy atom. The van der Waals surface area contributed by atoms with E-state index >= 15 is 0 Å². The van der Waals surface area contributed by atoms with Crippen molar-refractivity contribution in [2.75, 3.05) is 23.0 Å². The van der Waals surface area contributed by atoms with Crippen LogP contribution in [0.25, 0.3) is 0 Å². The molecule has 3 aromatic rings. The number of hydrogen-bond acceptors (Lipinski definition) is 6. The molecular formula is C17H18N6. The van der Waals surface area contributed by atoms with Crippen LogP contribution < -0.4 is 16.0 Å². The maximum absolute atomic E-state index is 6.23. The summed E-state index contributed by atoms with van der Waals surface area (Å²) in [5.41, 5.74) is 7.87. The number of pyridine rings is 1. The molecule has 0 bridgehead atoms. The first-order valence-corrected chi connectivity index (χ1v) is 7.30. The SMILES string of the molecule is CNc1ncnc(N(Cc2ccccc2)c2ccccn2)c1N. The molecule has 0 amide bonds. The minimum atomic E-state index is 0.497. The Balaban J connectivity index is 2.05. The van der Waals surface area contributed by atoms with Gasteiger partial charge in [-0.05, 0) is 17.7 Å². The molecule has 116 valence electrons. The molecule has 6 nitrogen and oxygen atoms in total. The van der Waals surface area contributed by atoms with Gasteiger partial charge in [0.25, 0.3) is 0 Å². The maximum atomic E-state index is 6.23. The van der Waals surface area contributed by atoms with Gasteiger partial charge in [-0.3, -0.25) is 0 Å². The van der Waals surface area contributed by atoms with Gasteiger partial charge in [0.15, 0.2) is 11.6 Å². The van der Waals surface area contributed by atoms with Crippen LogP contribution in [0, 0.1) is 0 Å². The molecule has 0 aliphatic carbocycles. The minimum absolute atomic E-state index is 0.497. The molecular weight excluding hydrogens is 288 g/mol. The molecule has 0 radical (unpaired) electrons. The molecule has 0 aliphatic rings. The van der Waals surface area contributed by atoms with E-state index < -0.39 is 0 Å². The Morgan fingerprint density at radius 1 is 1.00 bits per heavy atom. The molecule has 0 spiro atoms. The summed E-state index contributed by atoms with van der Waals surface area (Å²) in [7, 11) is 1.78. The zero-order valence-corrected chi connectivity index (χ0v) is 12.8. The molecule has 0 atom stereocenters. The van der Waals surface area contributed by atoms with E-state index in [1.807, 2.05) is 41.3 Å². The lowest BCUT2D eigenvalue weighted by molar-refractivity contribution is 0.918. The van der Waals surface area contributed by atoms with E-state index in [0.29, 0.717) is 23.9 Å². The molecule has 0 aliphatic heterocycles. The highest BCUT2D eigenvalue weighted by Gasteiger charge is 2.17. The average molecular weight is 306 g/mol. The van der Waals surface area contributed by atoms with Crippen LogP contribution >= 0.6 is 0 Å². The van der Waals surface area contributed by atoms with Gasteiger partial charge < -0.3 is 16.0 Å². The molecule has 23 heavy (non-hydrogen) atoms. The van der Waals surface area contributed by atoms with Gasteiger partial charge in [-0.15, -0.1) is 0 Å². The third-order valence-electron chi connectivity index (χ3n) is 3.46. The molecule has 0 saturated heterocycles. The molecule has 2 heterocycles. The van der Waals surface area contributed by atoms with Crippen LogP contribution in [-0.2, 0) is 6.54 Å². The largest absolute Gasteiger partial charge is 0.393 e. The summed E-state index contributed by atoms with van der Waals surface area (Å²) in [6.07, 6.45) is 3.25. The van der Waals surface area contributed by atoms with Gasteiger partial charge in [-0.2, -0.15) is 0 Å². The Bertz CT molecular complexity index is 761. The van der Waals surface area contributed by atoms with Gasteiger partial charge in [0.1, 0.15) is 17.8 Å². The van der Waals surface area contributed by atoms with Gasteiger partial charge in [-0.1, -0.05) is 36.4 Å². The van der Waals surface area contributed by atoms with Crippen molar-refractivity contribution in [2.24, 2.45) is 0 Å². The molecule has 1 aromatic carbocycles. The van der Waals surface area contributed by atoms with E-state index in [0.717, 1.165) is 11.4 Å². The van der Waals surface area contributed by atoms with E-state index in [-0.39, 0.29) is 0 Å². The predicted octanol–water partition coefficient (Wildman–Crippen LogP) is 2.83. The summed E-state index contributed by atoms with van der Waals surface area (Å²) in [6.45, 7) is 0.613. The quantitative estimate of drug-likeness (QED) is 0.754. The van der Waals surface area contributed by atoms with Crippen molar-refractivity contribution < 1.29 is 0 Å². The number of nitrogens with two attached hydrogens (primary N) is 1. The van der Waals surface area contributed by atoms with Gasteiger partial charge in [0.05, 0.1) is 6.54 Å². The van der Waals surface area contributed by atoms with Crippen LogP contribution in [0.4, 0.5) is 23.1 Å². The summed E-state index contributed by atoms with van der Waals surface area (Å²) in [6, 6.07) is 15.9. The standard InChI is InChI=1S/C17H18N6/c1-19-16-15(18)17(22-12-21-16)23(14-9-5-6-10-20-14)11-13-7-3-2-4-8-13/h2-10,12H,11,18H2,1H3,(H,19,21,22). The predicted molar refractivity (Wildman–Crippen MR) is 92.5 cm³/mol. The molecule has 3 rings (SSSR count). The van der Waals surface area contributed by atoms with Crippen LogP contribution in [0.15, 0.2) is 61.1 Å². The summed E-state index contributed by atoms with van der Waals surface area (Å²) in [4.78, 5) is 14.9. The van der Waals surface area contributed by atoms with E-state index in [1.165, 1.54) is 6.33 Å². The third-order valence-corrected chi connectivity index (χ3v) is 3.46. The number of nitrogen functional groups attached to an aromatic ring is 1. The average Bonchev–Trinajstić information content (AvgIpc) is 2.62. The van der Waals surface area contributed by atoms with Gasteiger partial charge in [0, 0.05) is 13.2 Å². The summed E-state index contributed by atoms with van der Waals surface area (Å²) in [5, 5.41) is 2.98. The number of aromatic nitrogens is 3. The molecule has 0 fully saturated rings. The second kappa shape index (κ2) is 6.74. The number of rotatable bonds is 5. The Morgan fingerprint density at radius 2 is 1.78 bits per heavy atom. The van der Waals surface area contributed by atoms with Gasteiger partial charge in [-0.25, -0.2) is 15.0 Å². The smallest absolute Gasteiger partial charge is 0.163 e. The van der Waals surface area contributed by atoms with Crippen molar-refractivity contribution in [1.82, 2.24) is 15.0 Å². The number of nitrogens with zero attached hydrogens (tertiary/aromatic N) is 4. The highest BCUT2D eigenvalue weighted by Crippen LogP contribution is 2.31. The van der Waals surface area contributed by atoms with Crippen molar-refractivity contribution in [1.29, 1.82) is 0 Å². The molecule has 3 N–H and O–H groups in total. The van der Waals surface area contributed by atoms with Crippen molar-refractivity contribution in [2.45, 2.75) is 6.54 Å². The van der Waals surface area contributed by atoms with Crippen LogP contribution in [0.5, 0.6) is 0 Å². The van der Waals surface area contributed by atoms with Crippen LogP contribution in [-0.4, -0.2) is 22.0 Å². The highest BCUT2D eigenvalue weighted by molar-refractivity contribution is 5.78. The van der Waals surface area contributed by atoms with E-state index in [2.05, 4.69) is 32.4 Å². The molecule has 2 aromatic heterocycles. The van der Waals surface area contributed by atoms with Crippen LogP contribution in [0.3, 0.4) is 0 Å². The fourth-order valence-corrected chi connectivity index (χ4v) is 2.34. The summed E-state index contributed by atoms with van der Waals surface area (Å²) in [5.74, 6) is 2.01. The lowest BCUT2D eigenvalue weighted by atomic mass is 10.2. The van der Waals surface area contributed by atoms with Crippen molar-refractivity contribution in [3.8, 4) is 0 Å². The maximum Gasteiger partial charge on any atom is 0.163 e. The number of anilines is 4. The monoisotopic (exact) mass is 306 g/mol. The molecule has 0 unspecified atom stereocenters. The summed E-state index contributed by atoms with van der Waals surface area (Å²) >= 11 is 0. The fourth-order valence-electron chi connectivity index (χ4n) is 2.34. The minimum Gasteiger partial charge on any atom is -0.393 e. The first-order valence-electron chi connectivity index (χ1n) is 7.30. The lowest BCUT2D eigenvalue weighted by Gasteiger charge is -2.24. The number of benzene rings is 1. The van der Waals surface area contributed by atoms with Gasteiger partial charge >= 0.3 is 0 Å². The van der Waals surface area contributed by atoms with Crippen molar-refractivity contribution in [3.63, 3.8) is 0 Å². The van der Waals surface area contributed by atoms with E-state index in [9.17, 15) is 0 Å². The number of nitrogens with one attached hydrogen (secondary N) is 1. The second-order valence-electron chi connectivity index (χ2n) is 4.97. The topological polar surface area (TPSA) is 80.0 Å². The Labute approximate surface area is 135 Å². The van der Waals surface area contributed by atoms with Gasteiger partial charge in [0.2, 0.25) is 0 Å². The molecule has 0 saturated carbocycles. The van der Waals surface area contributed by atoms with Crippen molar-refractivity contribution in [3.05, 3.63) is 66.6 Å². The first kappa shape index (κ1) is 14.8. The van der Waals surface area contributed by atoms with Crippen LogP contribution in [0.2, 0.25) is 0 Å². The lowest BCUT2D eigenvalue weighted by Crippen LogP contribution is -2.21. The fraction of sp³-hybridized carbons (Fsp3) is 0.118. The van der Waals surface area contributed by atoms with Crippen LogP contribution in [0.1, 0.15) is 5.56 Å². The zero-order valence-electron chi connectivity index (χ0n) is 12.8. The first-order chi connectivity index (χ1) is 11.3. The summed E-state index contributed by atoms with van der Waals surface area (Å²) < 4.78 is 0. The number of hydrogen-bond donors (Lipinski definition) is 2. The van der Waals surface area contributed by atoms with E-state index in [1.54, 1.807) is 13.2 Å². The molecule has 6 heteroatoms. The highest BCUT2D eigenvalue weighted by atomic mass is 15.3. The van der Waals surface area contributed by atoms with Crippen molar-refractivity contribution >= 4 is 23.1 Å². The Hall–Kier alpha value is -3.15. The van der Waals surface area contributed by atoms with E-state index in [4.69, 9.17) is 5.73 Å². The normalized spacial score (nSPS) is 10.3. The third kappa shape index (κ3) is 3.21.